The highest BCUT2D eigenvalue weighted by atomic mass is 16.4. The van der Waals surface area contributed by atoms with E-state index in [0.717, 1.165) is 13.1 Å². The molecular formula is C13H17N3O3. The Hall–Kier alpha value is -2.08. The van der Waals surface area contributed by atoms with Gasteiger partial charge >= 0.3 is 11.7 Å². The Morgan fingerprint density at radius 3 is 2.84 bits per heavy atom. The second kappa shape index (κ2) is 5.27. The summed E-state index contributed by atoms with van der Waals surface area (Å²) in [7, 11) is 1.97. The lowest BCUT2D eigenvalue weighted by molar-refractivity contribution is 0.0697. The summed E-state index contributed by atoms with van der Waals surface area (Å²) in [4.78, 5) is 27.7. The average Bonchev–Trinajstić information content (AvgIpc) is 2.70. The highest BCUT2D eigenvalue weighted by Crippen LogP contribution is 2.13. The number of fused-ring (bicyclic) bond motifs is 1. The molecule has 0 bridgehead atoms. The molecule has 2 rings (SSSR count). The molecule has 0 saturated heterocycles. The van der Waals surface area contributed by atoms with Crippen molar-refractivity contribution in [1.29, 1.82) is 0 Å². The van der Waals surface area contributed by atoms with E-state index in [2.05, 4.69) is 9.88 Å². The highest BCUT2D eigenvalue weighted by Gasteiger charge is 2.10. The number of nitrogens with zero attached hydrogens (tertiary/aromatic N) is 2. The molecule has 102 valence electrons. The van der Waals surface area contributed by atoms with E-state index >= 15 is 0 Å². The molecule has 1 aromatic carbocycles. The number of likely N-dealkylation sites (N-methyl/N-ethyl adjacent to an activating group) is 1. The summed E-state index contributed by atoms with van der Waals surface area (Å²) in [5.41, 5.74) is 1.27. The van der Waals surface area contributed by atoms with Gasteiger partial charge in [0.2, 0.25) is 0 Å². The summed E-state index contributed by atoms with van der Waals surface area (Å²) < 4.78 is 1.58. The van der Waals surface area contributed by atoms with Gasteiger partial charge in [-0.2, -0.15) is 0 Å². The number of carboxylic acids is 1. The zero-order valence-electron chi connectivity index (χ0n) is 11.0. The van der Waals surface area contributed by atoms with Crippen LogP contribution in [0.4, 0.5) is 0 Å². The molecule has 2 N–H and O–H groups in total. The molecule has 0 aliphatic rings. The molecule has 0 saturated carbocycles. The average molecular weight is 263 g/mol. The summed E-state index contributed by atoms with van der Waals surface area (Å²) in [6.07, 6.45) is 0. The minimum atomic E-state index is -0.993. The van der Waals surface area contributed by atoms with E-state index in [1.54, 1.807) is 10.6 Å². The summed E-state index contributed by atoms with van der Waals surface area (Å²) in [5.74, 6) is -0.993. The van der Waals surface area contributed by atoms with Gasteiger partial charge in [0.15, 0.2) is 0 Å². The van der Waals surface area contributed by atoms with Crippen molar-refractivity contribution in [3.63, 3.8) is 0 Å². The highest BCUT2D eigenvalue weighted by molar-refractivity contribution is 5.92. The molecule has 0 spiro atoms. The third-order valence-corrected chi connectivity index (χ3v) is 3.27. The van der Waals surface area contributed by atoms with Gasteiger partial charge in [-0.25, -0.2) is 9.59 Å². The van der Waals surface area contributed by atoms with Crippen LogP contribution >= 0.6 is 0 Å². The first-order chi connectivity index (χ1) is 9.02. The van der Waals surface area contributed by atoms with Crippen LogP contribution in [0.3, 0.4) is 0 Å². The topological polar surface area (TPSA) is 78.3 Å². The largest absolute Gasteiger partial charge is 0.478 e. The predicted molar refractivity (Wildman–Crippen MR) is 72.7 cm³/mol. The Morgan fingerprint density at radius 2 is 2.21 bits per heavy atom. The molecule has 0 atom stereocenters. The lowest BCUT2D eigenvalue weighted by Gasteiger charge is -2.13. The van der Waals surface area contributed by atoms with Crippen molar-refractivity contribution in [2.75, 3.05) is 20.1 Å². The number of benzene rings is 1. The van der Waals surface area contributed by atoms with Gasteiger partial charge in [-0.05, 0) is 31.8 Å². The van der Waals surface area contributed by atoms with Crippen LogP contribution in [0.2, 0.25) is 0 Å². The normalized spacial score (nSPS) is 11.3. The van der Waals surface area contributed by atoms with Gasteiger partial charge in [-0.15, -0.1) is 0 Å². The number of hydrogen-bond donors (Lipinski definition) is 2. The van der Waals surface area contributed by atoms with E-state index in [4.69, 9.17) is 5.11 Å². The predicted octanol–water partition coefficient (Wildman–Crippen LogP) is 0.980. The van der Waals surface area contributed by atoms with Crippen molar-refractivity contribution in [3.05, 3.63) is 34.2 Å². The fourth-order valence-corrected chi connectivity index (χ4v) is 1.94. The number of carboxylic acid groups (broad SMARTS) is 1. The SMILES string of the molecule is CCN(C)CCn1c(=O)[nH]c2ccc(C(=O)O)cc21. The van der Waals surface area contributed by atoms with Gasteiger partial charge in [0.1, 0.15) is 0 Å². The molecule has 6 heteroatoms. The van der Waals surface area contributed by atoms with Gasteiger partial charge < -0.3 is 15.0 Å². The molecule has 0 fully saturated rings. The Labute approximate surface area is 110 Å². The number of aromatic amines is 1. The minimum absolute atomic E-state index is 0.184. The third kappa shape index (κ3) is 2.68. The maximum atomic E-state index is 11.9. The molecule has 0 radical (unpaired) electrons. The van der Waals surface area contributed by atoms with Crippen LogP contribution in [-0.4, -0.2) is 45.7 Å². The van der Waals surface area contributed by atoms with Crippen molar-refractivity contribution in [2.24, 2.45) is 0 Å². The smallest absolute Gasteiger partial charge is 0.335 e. The molecule has 0 aliphatic carbocycles. The zero-order valence-corrected chi connectivity index (χ0v) is 11.0. The molecule has 0 unspecified atom stereocenters. The molecule has 0 amide bonds. The Bertz CT molecular complexity index is 657. The van der Waals surface area contributed by atoms with Gasteiger partial charge in [-0.3, -0.25) is 4.57 Å². The first-order valence-electron chi connectivity index (χ1n) is 6.17. The Balaban J connectivity index is 2.41. The van der Waals surface area contributed by atoms with Crippen molar-refractivity contribution < 1.29 is 9.90 Å². The number of hydrogen-bond acceptors (Lipinski definition) is 3. The lowest BCUT2D eigenvalue weighted by Crippen LogP contribution is -2.27. The molecule has 0 aliphatic heterocycles. The summed E-state index contributed by atoms with van der Waals surface area (Å²) in [5, 5.41) is 8.99. The fourth-order valence-electron chi connectivity index (χ4n) is 1.94. The number of H-pyrrole nitrogens is 1. The number of aromatic nitrogens is 2. The van der Waals surface area contributed by atoms with E-state index in [9.17, 15) is 9.59 Å². The van der Waals surface area contributed by atoms with Crippen LogP contribution in [0.25, 0.3) is 11.0 Å². The first-order valence-corrected chi connectivity index (χ1v) is 6.17. The second-order valence-electron chi connectivity index (χ2n) is 4.51. The molecular weight excluding hydrogens is 246 g/mol. The van der Waals surface area contributed by atoms with E-state index in [1.165, 1.54) is 12.1 Å². The number of nitrogens with one attached hydrogen (secondary N) is 1. The third-order valence-electron chi connectivity index (χ3n) is 3.27. The van der Waals surface area contributed by atoms with Crippen LogP contribution < -0.4 is 5.69 Å². The summed E-state index contributed by atoms with van der Waals surface area (Å²) >= 11 is 0. The number of carbonyl (C=O) groups is 1. The minimum Gasteiger partial charge on any atom is -0.478 e. The van der Waals surface area contributed by atoms with Crippen molar-refractivity contribution in [3.8, 4) is 0 Å². The number of aromatic carboxylic acids is 1. The maximum Gasteiger partial charge on any atom is 0.335 e. The van der Waals surface area contributed by atoms with Crippen LogP contribution in [0.1, 0.15) is 17.3 Å². The van der Waals surface area contributed by atoms with E-state index in [0.29, 0.717) is 17.6 Å². The molecule has 1 aromatic heterocycles. The quantitative estimate of drug-likeness (QED) is 0.843. The Morgan fingerprint density at radius 1 is 1.47 bits per heavy atom. The first kappa shape index (κ1) is 13.4. The number of rotatable bonds is 5. The van der Waals surface area contributed by atoms with Gasteiger partial charge in [0, 0.05) is 13.1 Å². The van der Waals surface area contributed by atoms with Crippen molar-refractivity contribution in [1.82, 2.24) is 14.5 Å². The van der Waals surface area contributed by atoms with Crippen molar-refractivity contribution in [2.45, 2.75) is 13.5 Å². The lowest BCUT2D eigenvalue weighted by atomic mass is 10.2. The van der Waals surface area contributed by atoms with E-state index < -0.39 is 5.97 Å². The number of imidazole rings is 1. The maximum absolute atomic E-state index is 11.9. The van der Waals surface area contributed by atoms with Gasteiger partial charge in [-0.1, -0.05) is 6.92 Å². The summed E-state index contributed by atoms with van der Waals surface area (Å²) in [6.45, 7) is 4.21. The van der Waals surface area contributed by atoms with Crippen LogP contribution in [-0.2, 0) is 6.54 Å². The van der Waals surface area contributed by atoms with Crippen LogP contribution in [0, 0.1) is 0 Å². The molecule has 19 heavy (non-hydrogen) atoms. The monoisotopic (exact) mass is 263 g/mol. The second-order valence-corrected chi connectivity index (χ2v) is 4.51. The molecule has 6 nitrogen and oxygen atoms in total. The Kier molecular flexibility index (Phi) is 3.71. The molecule has 2 aromatic rings. The van der Waals surface area contributed by atoms with E-state index in [1.807, 2.05) is 14.0 Å². The zero-order chi connectivity index (χ0) is 14.0. The van der Waals surface area contributed by atoms with Crippen LogP contribution in [0.5, 0.6) is 0 Å². The molecule has 1 heterocycles. The summed E-state index contributed by atoms with van der Waals surface area (Å²) in [6, 6.07) is 4.64. The fraction of sp³-hybridized carbons (Fsp3) is 0.385. The van der Waals surface area contributed by atoms with Gasteiger partial charge in [0.05, 0.1) is 16.6 Å². The standard InChI is InChI=1S/C13H17N3O3/c1-3-15(2)6-7-16-11-8-9(12(17)18)4-5-10(11)14-13(16)19/h4-5,8H,3,6-7H2,1-2H3,(H,14,19)(H,17,18). The van der Waals surface area contributed by atoms with Crippen molar-refractivity contribution >= 4 is 17.0 Å². The van der Waals surface area contributed by atoms with Gasteiger partial charge in [0.25, 0.3) is 0 Å². The van der Waals surface area contributed by atoms with E-state index in [-0.39, 0.29) is 11.3 Å². The van der Waals surface area contributed by atoms with Crippen LogP contribution in [0.15, 0.2) is 23.0 Å².